The molecule has 3 heteroatoms. The number of aliphatic hydroxyl groups excluding tert-OH is 1. The van der Waals surface area contributed by atoms with Crippen LogP contribution in [0.5, 0.6) is 0 Å². The number of aliphatic hydroxyl groups is 1. The van der Waals surface area contributed by atoms with Crippen molar-refractivity contribution in [3.05, 3.63) is 28.5 Å². The summed E-state index contributed by atoms with van der Waals surface area (Å²) in [6, 6.07) is 4.11. The summed E-state index contributed by atoms with van der Waals surface area (Å²) in [5, 5.41) is 9.39. The van der Waals surface area contributed by atoms with Gasteiger partial charge in [0.1, 0.15) is 0 Å². The first-order valence-electron chi connectivity index (χ1n) is 5.05. The normalized spacial score (nSPS) is 27.6. The zero-order valence-corrected chi connectivity index (χ0v) is 9.57. The van der Waals surface area contributed by atoms with E-state index in [0.29, 0.717) is 5.92 Å². The molecule has 0 aromatic carbocycles. The highest BCUT2D eigenvalue weighted by molar-refractivity contribution is 9.10. The van der Waals surface area contributed by atoms with E-state index in [9.17, 15) is 5.11 Å². The van der Waals surface area contributed by atoms with Gasteiger partial charge in [-0.2, -0.15) is 0 Å². The largest absolute Gasteiger partial charge is 0.393 e. The van der Waals surface area contributed by atoms with E-state index in [4.69, 9.17) is 0 Å². The van der Waals surface area contributed by atoms with Gasteiger partial charge < -0.3 is 5.11 Å². The molecule has 1 aliphatic carbocycles. The van der Waals surface area contributed by atoms with Gasteiger partial charge in [-0.1, -0.05) is 0 Å². The summed E-state index contributed by atoms with van der Waals surface area (Å²) < 4.78 is 1.03. The lowest BCUT2D eigenvalue weighted by Crippen LogP contribution is -2.17. The Bertz CT molecular complexity index is 291. The van der Waals surface area contributed by atoms with E-state index in [2.05, 4.69) is 27.0 Å². The molecule has 1 N–H and O–H groups in total. The van der Waals surface area contributed by atoms with Crippen molar-refractivity contribution < 1.29 is 5.11 Å². The molecule has 76 valence electrons. The lowest BCUT2D eigenvalue weighted by atomic mass is 9.85. The van der Waals surface area contributed by atoms with E-state index < -0.39 is 0 Å². The van der Waals surface area contributed by atoms with Gasteiger partial charge in [0.05, 0.1) is 6.10 Å². The average molecular weight is 256 g/mol. The molecule has 14 heavy (non-hydrogen) atoms. The van der Waals surface area contributed by atoms with Crippen LogP contribution in [0.15, 0.2) is 22.8 Å². The molecule has 0 radical (unpaired) electrons. The molecule has 1 aromatic heterocycles. The fourth-order valence-corrected chi connectivity index (χ4v) is 2.23. The predicted molar refractivity (Wildman–Crippen MR) is 59.2 cm³/mol. The van der Waals surface area contributed by atoms with Gasteiger partial charge in [0, 0.05) is 22.3 Å². The quantitative estimate of drug-likeness (QED) is 0.838. The molecule has 2 rings (SSSR count). The maximum atomic E-state index is 9.39. The second-order valence-corrected chi connectivity index (χ2v) is 4.82. The van der Waals surface area contributed by atoms with Crippen LogP contribution in [0.3, 0.4) is 0 Å². The molecule has 0 spiro atoms. The maximum Gasteiger partial charge on any atom is 0.0540 e. The third-order valence-corrected chi connectivity index (χ3v) is 3.33. The van der Waals surface area contributed by atoms with E-state index in [1.54, 1.807) is 0 Å². The highest BCUT2D eigenvalue weighted by atomic mass is 79.9. The average Bonchev–Trinajstić information content (AvgIpc) is 2.21. The van der Waals surface area contributed by atoms with Crippen molar-refractivity contribution in [2.45, 2.75) is 37.7 Å². The number of hydrogen-bond acceptors (Lipinski definition) is 2. The van der Waals surface area contributed by atoms with Gasteiger partial charge >= 0.3 is 0 Å². The van der Waals surface area contributed by atoms with Crippen molar-refractivity contribution in [1.82, 2.24) is 4.98 Å². The van der Waals surface area contributed by atoms with Gasteiger partial charge in [0.2, 0.25) is 0 Å². The van der Waals surface area contributed by atoms with Crippen molar-refractivity contribution in [2.75, 3.05) is 0 Å². The minimum absolute atomic E-state index is 0.0818. The summed E-state index contributed by atoms with van der Waals surface area (Å²) in [4.78, 5) is 4.40. The molecule has 1 aliphatic rings. The fraction of sp³-hybridized carbons (Fsp3) is 0.545. The van der Waals surface area contributed by atoms with Crippen molar-refractivity contribution in [3.63, 3.8) is 0 Å². The molecule has 0 bridgehead atoms. The molecular weight excluding hydrogens is 242 g/mol. The van der Waals surface area contributed by atoms with Gasteiger partial charge in [-0.25, -0.2) is 0 Å². The van der Waals surface area contributed by atoms with Crippen molar-refractivity contribution >= 4 is 15.9 Å². The smallest absolute Gasteiger partial charge is 0.0540 e. The van der Waals surface area contributed by atoms with Crippen molar-refractivity contribution in [2.24, 2.45) is 0 Å². The Kier molecular flexibility index (Phi) is 3.19. The van der Waals surface area contributed by atoms with Gasteiger partial charge in [-0.15, -0.1) is 0 Å². The minimum Gasteiger partial charge on any atom is -0.393 e. The van der Waals surface area contributed by atoms with E-state index >= 15 is 0 Å². The third-order valence-electron chi connectivity index (χ3n) is 2.87. The Morgan fingerprint density at radius 2 is 1.93 bits per heavy atom. The van der Waals surface area contributed by atoms with Crippen LogP contribution in [0.1, 0.15) is 37.3 Å². The SMILES string of the molecule is O[C@H]1CC[C@@H](c2ccc(Br)cn2)CC1. The summed E-state index contributed by atoms with van der Waals surface area (Å²) >= 11 is 3.38. The lowest BCUT2D eigenvalue weighted by molar-refractivity contribution is 0.122. The Hall–Kier alpha value is -0.410. The monoisotopic (exact) mass is 255 g/mol. The van der Waals surface area contributed by atoms with Crippen LogP contribution in [0, 0.1) is 0 Å². The van der Waals surface area contributed by atoms with Crippen molar-refractivity contribution in [3.8, 4) is 0 Å². The third kappa shape index (κ3) is 2.34. The maximum absolute atomic E-state index is 9.39. The molecule has 1 heterocycles. The van der Waals surface area contributed by atoms with Gasteiger partial charge in [-0.05, 0) is 53.7 Å². The topological polar surface area (TPSA) is 33.1 Å². The van der Waals surface area contributed by atoms with Gasteiger partial charge in [-0.3, -0.25) is 4.98 Å². The van der Waals surface area contributed by atoms with Crippen molar-refractivity contribution in [1.29, 1.82) is 0 Å². The van der Waals surface area contributed by atoms with Crippen LogP contribution in [-0.4, -0.2) is 16.2 Å². The lowest BCUT2D eigenvalue weighted by Gasteiger charge is -2.24. The highest BCUT2D eigenvalue weighted by Crippen LogP contribution is 2.31. The standard InChI is InChI=1S/C11H14BrNO/c12-9-3-6-11(13-7-9)8-1-4-10(14)5-2-8/h3,6-8,10,14H,1-2,4-5H2/t8-,10+. The second kappa shape index (κ2) is 4.41. The van der Waals surface area contributed by atoms with E-state index in [-0.39, 0.29) is 6.10 Å². The predicted octanol–water partition coefficient (Wildman–Crippen LogP) is 2.86. The molecule has 1 fully saturated rings. The van der Waals surface area contributed by atoms with Gasteiger partial charge in [0.25, 0.3) is 0 Å². The number of nitrogens with zero attached hydrogens (tertiary/aromatic N) is 1. The molecule has 0 saturated heterocycles. The number of aromatic nitrogens is 1. The molecule has 1 aromatic rings. The number of rotatable bonds is 1. The summed E-state index contributed by atoms with van der Waals surface area (Å²) in [6.07, 6.45) is 5.73. The molecular formula is C11H14BrNO. The van der Waals surface area contributed by atoms with Crippen LogP contribution < -0.4 is 0 Å². The highest BCUT2D eigenvalue weighted by Gasteiger charge is 2.21. The van der Waals surface area contributed by atoms with Crippen LogP contribution in [0.25, 0.3) is 0 Å². The summed E-state index contributed by atoms with van der Waals surface area (Å²) in [6.45, 7) is 0. The Morgan fingerprint density at radius 1 is 1.21 bits per heavy atom. The fourth-order valence-electron chi connectivity index (χ4n) is 2.00. The Morgan fingerprint density at radius 3 is 2.50 bits per heavy atom. The van der Waals surface area contributed by atoms with Crippen LogP contribution in [0.4, 0.5) is 0 Å². The number of hydrogen-bond donors (Lipinski definition) is 1. The Labute approximate surface area is 92.5 Å². The van der Waals surface area contributed by atoms with Crippen LogP contribution in [-0.2, 0) is 0 Å². The van der Waals surface area contributed by atoms with E-state index in [1.807, 2.05) is 12.3 Å². The number of halogens is 1. The molecule has 2 nitrogen and oxygen atoms in total. The minimum atomic E-state index is -0.0818. The van der Waals surface area contributed by atoms with Crippen LogP contribution >= 0.6 is 15.9 Å². The van der Waals surface area contributed by atoms with Gasteiger partial charge in [0.15, 0.2) is 0 Å². The first kappa shape index (κ1) is 10.1. The first-order valence-corrected chi connectivity index (χ1v) is 5.84. The molecule has 0 amide bonds. The molecule has 0 atom stereocenters. The molecule has 0 aliphatic heterocycles. The van der Waals surface area contributed by atoms with Crippen LogP contribution in [0.2, 0.25) is 0 Å². The zero-order chi connectivity index (χ0) is 9.97. The van der Waals surface area contributed by atoms with E-state index in [0.717, 1.165) is 30.2 Å². The number of pyridine rings is 1. The summed E-state index contributed by atoms with van der Waals surface area (Å²) in [7, 11) is 0. The van der Waals surface area contributed by atoms with E-state index in [1.165, 1.54) is 5.69 Å². The second-order valence-electron chi connectivity index (χ2n) is 3.91. The Balaban J connectivity index is 2.05. The molecule has 1 saturated carbocycles. The summed E-state index contributed by atoms with van der Waals surface area (Å²) in [5.41, 5.74) is 1.17. The molecule has 0 unspecified atom stereocenters. The summed E-state index contributed by atoms with van der Waals surface area (Å²) in [5.74, 6) is 0.548. The first-order chi connectivity index (χ1) is 6.75. The zero-order valence-electron chi connectivity index (χ0n) is 7.99.